The number of hydrogen-bond acceptors (Lipinski definition) is 4. The molecular weight excluding hydrogens is 240 g/mol. The molecule has 5 nitrogen and oxygen atoms in total. The van der Waals surface area contributed by atoms with Gasteiger partial charge in [0.2, 0.25) is 0 Å². The zero-order valence-electron chi connectivity index (χ0n) is 11.7. The predicted octanol–water partition coefficient (Wildman–Crippen LogP) is 2.20. The van der Waals surface area contributed by atoms with Crippen LogP contribution in [0.4, 0.5) is 5.82 Å². The smallest absolute Gasteiger partial charge is 0.146 e. The third kappa shape index (κ3) is 1.72. The van der Waals surface area contributed by atoms with E-state index in [0.29, 0.717) is 5.82 Å². The number of aromatic nitrogens is 3. The van der Waals surface area contributed by atoms with E-state index >= 15 is 0 Å². The molecule has 0 amide bonds. The number of nitrogens with two attached hydrogens (primary N) is 1. The number of hydrogen-bond donors (Lipinski definition) is 1. The molecule has 0 radical (unpaired) electrons. The van der Waals surface area contributed by atoms with Gasteiger partial charge in [-0.15, -0.1) is 0 Å². The van der Waals surface area contributed by atoms with Crippen molar-refractivity contribution in [3.05, 3.63) is 17.6 Å². The number of aryl methyl sites for hydroxylation is 1. The Morgan fingerprint density at radius 3 is 2.68 bits per heavy atom. The van der Waals surface area contributed by atoms with Gasteiger partial charge in [-0.2, -0.15) is 0 Å². The van der Waals surface area contributed by atoms with Crippen molar-refractivity contribution in [2.75, 3.05) is 12.8 Å². The highest BCUT2D eigenvalue weighted by molar-refractivity contribution is 5.90. The summed E-state index contributed by atoms with van der Waals surface area (Å²) in [6.45, 7) is 5.03. The van der Waals surface area contributed by atoms with E-state index in [1.165, 1.54) is 24.0 Å². The highest BCUT2D eigenvalue weighted by atomic mass is 16.5. The molecule has 3 rings (SSSR count). The zero-order chi connectivity index (χ0) is 13.6. The Hall–Kier alpha value is -1.62. The first-order valence-electron chi connectivity index (χ1n) is 6.69. The fourth-order valence-electron chi connectivity index (χ4n) is 2.98. The molecule has 0 aliphatic heterocycles. The van der Waals surface area contributed by atoms with Crippen LogP contribution < -0.4 is 5.73 Å². The first kappa shape index (κ1) is 12.4. The minimum atomic E-state index is -0.0249. The van der Waals surface area contributed by atoms with E-state index < -0.39 is 0 Å². The van der Waals surface area contributed by atoms with Crippen LogP contribution in [0.1, 0.15) is 30.5 Å². The maximum absolute atomic E-state index is 5.99. The fourth-order valence-corrected chi connectivity index (χ4v) is 2.98. The molecule has 1 fully saturated rings. The summed E-state index contributed by atoms with van der Waals surface area (Å²) in [5, 5.41) is 0.977. The second-order valence-electron chi connectivity index (χ2n) is 5.49. The van der Waals surface area contributed by atoms with E-state index in [1.54, 1.807) is 7.11 Å². The van der Waals surface area contributed by atoms with Crippen LogP contribution in [-0.2, 0) is 11.3 Å². The van der Waals surface area contributed by atoms with E-state index in [1.807, 2.05) is 0 Å². The van der Waals surface area contributed by atoms with Gasteiger partial charge in [0.1, 0.15) is 17.8 Å². The molecule has 1 aliphatic carbocycles. The minimum absolute atomic E-state index is 0.0249. The van der Waals surface area contributed by atoms with E-state index in [4.69, 9.17) is 10.5 Å². The predicted molar refractivity (Wildman–Crippen MR) is 75.0 cm³/mol. The van der Waals surface area contributed by atoms with Gasteiger partial charge < -0.3 is 15.0 Å². The maximum Gasteiger partial charge on any atom is 0.146 e. The van der Waals surface area contributed by atoms with Crippen molar-refractivity contribution < 1.29 is 4.74 Å². The summed E-state index contributed by atoms with van der Waals surface area (Å²) in [5.41, 5.74) is 9.25. The Morgan fingerprint density at radius 1 is 1.37 bits per heavy atom. The molecule has 0 aromatic carbocycles. The Balaban J connectivity index is 2.13. The van der Waals surface area contributed by atoms with Crippen LogP contribution in [0, 0.1) is 13.8 Å². The molecular formula is C14H20N4O. The molecule has 0 unspecified atom stereocenters. The van der Waals surface area contributed by atoms with Crippen LogP contribution in [0.25, 0.3) is 11.0 Å². The third-order valence-corrected chi connectivity index (χ3v) is 4.58. The number of rotatable bonds is 3. The number of fused-ring (bicyclic) bond motifs is 1. The minimum Gasteiger partial charge on any atom is -0.383 e. The lowest BCUT2D eigenvalue weighted by atomic mass is 9.80. The second-order valence-corrected chi connectivity index (χ2v) is 5.49. The van der Waals surface area contributed by atoms with Gasteiger partial charge in [-0.1, -0.05) is 0 Å². The largest absolute Gasteiger partial charge is 0.383 e. The van der Waals surface area contributed by atoms with E-state index in [2.05, 4.69) is 28.4 Å². The topological polar surface area (TPSA) is 66.0 Å². The molecule has 0 atom stereocenters. The van der Waals surface area contributed by atoms with E-state index in [-0.39, 0.29) is 5.60 Å². The number of methoxy groups -OCH3 is 1. The normalized spacial score (nSPS) is 17.6. The molecule has 2 aromatic rings. The van der Waals surface area contributed by atoms with Gasteiger partial charge in [0.05, 0.1) is 17.5 Å². The number of ether oxygens (including phenoxy) is 1. The molecule has 2 N–H and O–H groups in total. The van der Waals surface area contributed by atoms with Crippen LogP contribution in [0.15, 0.2) is 6.33 Å². The van der Waals surface area contributed by atoms with Crippen LogP contribution in [0.5, 0.6) is 0 Å². The molecule has 0 saturated heterocycles. The van der Waals surface area contributed by atoms with Crippen molar-refractivity contribution in [3.63, 3.8) is 0 Å². The first-order valence-corrected chi connectivity index (χ1v) is 6.69. The fraction of sp³-hybridized carbons (Fsp3) is 0.571. The standard InChI is InChI=1S/C14H20N4O/c1-9-10(2)18(7-14(19-3)5-4-6-14)13-11(9)12(15)16-8-17-13/h8H,4-7H2,1-3H3,(H2,15,16,17). The molecule has 102 valence electrons. The van der Waals surface area contributed by atoms with Gasteiger partial charge in [-0.3, -0.25) is 0 Å². The van der Waals surface area contributed by atoms with Crippen LogP contribution >= 0.6 is 0 Å². The van der Waals surface area contributed by atoms with Gasteiger partial charge in [-0.25, -0.2) is 9.97 Å². The second kappa shape index (κ2) is 4.20. The third-order valence-electron chi connectivity index (χ3n) is 4.58. The van der Waals surface area contributed by atoms with Gasteiger partial charge in [0.15, 0.2) is 0 Å². The monoisotopic (exact) mass is 260 g/mol. The molecule has 1 aliphatic rings. The van der Waals surface area contributed by atoms with Gasteiger partial charge >= 0.3 is 0 Å². The Bertz CT molecular complexity index is 622. The highest BCUT2D eigenvalue weighted by Crippen LogP contribution is 2.38. The molecule has 0 bridgehead atoms. The summed E-state index contributed by atoms with van der Waals surface area (Å²) in [6.07, 6.45) is 5.00. The van der Waals surface area contributed by atoms with Crippen molar-refractivity contribution >= 4 is 16.9 Å². The van der Waals surface area contributed by atoms with Crippen molar-refractivity contribution in [2.45, 2.75) is 45.3 Å². The van der Waals surface area contributed by atoms with Crippen molar-refractivity contribution in [2.24, 2.45) is 0 Å². The average molecular weight is 260 g/mol. The van der Waals surface area contributed by atoms with Crippen molar-refractivity contribution in [1.29, 1.82) is 0 Å². The number of nitrogen functional groups attached to an aromatic ring is 1. The molecule has 5 heteroatoms. The summed E-state index contributed by atoms with van der Waals surface area (Å²) in [4.78, 5) is 8.51. The summed E-state index contributed by atoms with van der Waals surface area (Å²) < 4.78 is 7.95. The quantitative estimate of drug-likeness (QED) is 0.918. The number of nitrogens with zero attached hydrogens (tertiary/aromatic N) is 3. The zero-order valence-corrected chi connectivity index (χ0v) is 11.7. The molecule has 2 aromatic heterocycles. The number of anilines is 1. The average Bonchev–Trinajstić information content (AvgIpc) is 2.59. The lowest BCUT2D eigenvalue weighted by Gasteiger charge is -2.41. The maximum atomic E-state index is 5.99. The lowest BCUT2D eigenvalue weighted by molar-refractivity contribution is -0.0831. The van der Waals surface area contributed by atoms with Gasteiger partial charge in [-0.05, 0) is 38.7 Å². The Labute approximate surface area is 112 Å². The molecule has 0 spiro atoms. The summed E-state index contributed by atoms with van der Waals surface area (Å²) in [5.74, 6) is 0.560. The Kier molecular flexibility index (Phi) is 2.74. The van der Waals surface area contributed by atoms with Gasteiger partial charge in [0, 0.05) is 12.8 Å². The lowest BCUT2D eigenvalue weighted by Crippen LogP contribution is -2.43. The molecule has 1 saturated carbocycles. The van der Waals surface area contributed by atoms with Crippen LogP contribution in [0.2, 0.25) is 0 Å². The van der Waals surface area contributed by atoms with Gasteiger partial charge in [0.25, 0.3) is 0 Å². The SMILES string of the molecule is COC1(Cn2c(C)c(C)c3c(N)ncnc32)CCC1. The molecule has 19 heavy (non-hydrogen) atoms. The van der Waals surface area contributed by atoms with Crippen LogP contribution in [0.3, 0.4) is 0 Å². The summed E-state index contributed by atoms with van der Waals surface area (Å²) in [7, 11) is 1.80. The highest BCUT2D eigenvalue weighted by Gasteiger charge is 2.38. The molecule has 2 heterocycles. The van der Waals surface area contributed by atoms with E-state index in [9.17, 15) is 0 Å². The van der Waals surface area contributed by atoms with Crippen molar-refractivity contribution in [3.8, 4) is 0 Å². The Morgan fingerprint density at radius 2 is 2.11 bits per heavy atom. The first-order chi connectivity index (χ1) is 9.08. The summed E-state index contributed by atoms with van der Waals surface area (Å²) >= 11 is 0. The summed E-state index contributed by atoms with van der Waals surface area (Å²) in [6, 6.07) is 0. The van der Waals surface area contributed by atoms with Crippen molar-refractivity contribution in [1.82, 2.24) is 14.5 Å². The van der Waals surface area contributed by atoms with Crippen LogP contribution in [-0.4, -0.2) is 27.2 Å². The van der Waals surface area contributed by atoms with E-state index in [0.717, 1.165) is 30.4 Å².